The minimum Gasteiger partial charge on any atom is -0.361 e. The lowest BCUT2D eigenvalue weighted by atomic mass is 9.97. The quantitative estimate of drug-likeness (QED) is 0.824. The third-order valence-electron chi connectivity index (χ3n) is 1.89. The zero-order valence-corrected chi connectivity index (χ0v) is 10.3. The molecule has 0 saturated carbocycles. The van der Waals surface area contributed by atoms with Crippen LogP contribution in [0, 0.1) is 12.3 Å². The number of hydrogen-bond acceptors (Lipinski definition) is 3. The molecule has 1 aromatic rings. The highest BCUT2D eigenvalue weighted by atomic mass is 16.5. The fourth-order valence-corrected chi connectivity index (χ4v) is 1.08. The first kappa shape index (κ1) is 12.5. The monoisotopic (exact) mass is 225 g/mol. The molecule has 0 saturated heterocycles. The van der Waals surface area contributed by atoms with E-state index in [1.165, 1.54) is 0 Å². The Morgan fingerprint density at radius 1 is 1.44 bits per heavy atom. The molecule has 0 aliphatic rings. The van der Waals surface area contributed by atoms with E-state index in [9.17, 15) is 4.79 Å². The number of urea groups is 1. The van der Waals surface area contributed by atoms with E-state index in [-0.39, 0.29) is 11.4 Å². The maximum Gasteiger partial charge on any atom is 0.315 e. The van der Waals surface area contributed by atoms with Crippen molar-refractivity contribution in [2.45, 2.75) is 34.2 Å². The Morgan fingerprint density at radius 2 is 2.12 bits per heavy atom. The Labute approximate surface area is 95.6 Å². The number of rotatable bonds is 3. The summed E-state index contributed by atoms with van der Waals surface area (Å²) in [5, 5.41) is 9.28. The fraction of sp³-hybridized carbons (Fsp3) is 0.636. The van der Waals surface area contributed by atoms with E-state index in [1.807, 2.05) is 6.92 Å². The molecular weight excluding hydrogens is 206 g/mol. The van der Waals surface area contributed by atoms with Crippen molar-refractivity contribution in [3.63, 3.8) is 0 Å². The minimum atomic E-state index is -0.185. The fourth-order valence-electron chi connectivity index (χ4n) is 1.08. The maximum atomic E-state index is 11.4. The number of nitrogens with one attached hydrogen (secondary N) is 2. The van der Waals surface area contributed by atoms with Gasteiger partial charge in [0.25, 0.3) is 0 Å². The van der Waals surface area contributed by atoms with Crippen molar-refractivity contribution in [2.75, 3.05) is 6.54 Å². The summed E-state index contributed by atoms with van der Waals surface area (Å²) in [6.07, 6.45) is 0. The SMILES string of the molecule is Cc1cc(CNC(=O)NCC(C)(C)C)no1. The molecule has 90 valence electrons. The summed E-state index contributed by atoms with van der Waals surface area (Å²) in [6, 6.07) is 1.61. The van der Waals surface area contributed by atoms with Crippen molar-refractivity contribution in [1.82, 2.24) is 15.8 Å². The van der Waals surface area contributed by atoms with E-state index < -0.39 is 0 Å². The van der Waals surface area contributed by atoms with Crippen LogP contribution in [0.15, 0.2) is 10.6 Å². The highest BCUT2D eigenvalue weighted by molar-refractivity contribution is 5.73. The number of aromatic nitrogens is 1. The molecule has 0 aliphatic heterocycles. The zero-order chi connectivity index (χ0) is 12.2. The van der Waals surface area contributed by atoms with Crippen LogP contribution in [0.5, 0.6) is 0 Å². The third kappa shape index (κ3) is 4.82. The Kier molecular flexibility index (Phi) is 3.93. The van der Waals surface area contributed by atoms with Gasteiger partial charge < -0.3 is 15.2 Å². The normalized spacial score (nSPS) is 11.2. The van der Waals surface area contributed by atoms with Gasteiger partial charge in [-0.2, -0.15) is 0 Å². The number of hydrogen-bond donors (Lipinski definition) is 2. The summed E-state index contributed by atoms with van der Waals surface area (Å²) in [5.41, 5.74) is 0.811. The summed E-state index contributed by atoms with van der Waals surface area (Å²) in [7, 11) is 0. The molecule has 0 atom stereocenters. The van der Waals surface area contributed by atoms with Crippen LogP contribution >= 0.6 is 0 Å². The molecule has 0 fully saturated rings. The predicted octanol–water partition coefficient (Wildman–Crippen LogP) is 1.83. The van der Waals surface area contributed by atoms with Gasteiger partial charge in [0.1, 0.15) is 11.5 Å². The van der Waals surface area contributed by atoms with Gasteiger partial charge in [0, 0.05) is 12.6 Å². The molecule has 1 heterocycles. The van der Waals surface area contributed by atoms with Gasteiger partial charge in [0.05, 0.1) is 6.54 Å². The van der Waals surface area contributed by atoms with Crippen molar-refractivity contribution >= 4 is 6.03 Å². The molecule has 1 rings (SSSR count). The van der Waals surface area contributed by atoms with E-state index in [0.29, 0.717) is 13.1 Å². The Morgan fingerprint density at radius 3 is 2.62 bits per heavy atom. The lowest BCUT2D eigenvalue weighted by Gasteiger charge is -2.18. The van der Waals surface area contributed by atoms with Gasteiger partial charge in [-0.05, 0) is 12.3 Å². The second-order valence-corrected chi connectivity index (χ2v) is 5.03. The van der Waals surface area contributed by atoms with Crippen LogP contribution in [-0.2, 0) is 6.54 Å². The van der Waals surface area contributed by atoms with Crippen LogP contribution in [0.1, 0.15) is 32.2 Å². The van der Waals surface area contributed by atoms with Crippen molar-refractivity contribution in [2.24, 2.45) is 5.41 Å². The molecule has 5 heteroatoms. The predicted molar refractivity (Wildman–Crippen MR) is 60.9 cm³/mol. The summed E-state index contributed by atoms with van der Waals surface area (Å²) in [4.78, 5) is 11.4. The van der Waals surface area contributed by atoms with Gasteiger partial charge in [-0.25, -0.2) is 4.79 Å². The smallest absolute Gasteiger partial charge is 0.315 e. The van der Waals surface area contributed by atoms with Gasteiger partial charge in [0.2, 0.25) is 0 Å². The molecule has 5 nitrogen and oxygen atoms in total. The summed E-state index contributed by atoms with van der Waals surface area (Å²) < 4.78 is 4.89. The van der Waals surface area contributed by atoms with Gasteiger partial charge in [-0.3, -0.25) is 0 Å². The van der Waals surface area contributed by atoms with E-state index in [0.717, 1.165) is 11.5 Å². The highest BCUT2D eigenvalue weighted by Crippen LogP contribution is 2.09. The average molecular weight is 225 g/mol. The molecule has 2 amide bonds. The molecule has 0 radical (unpaired) electrons. The van der Waals surface area contributed by atoms with Crippen molar-refractivity contribution < 1.29 is 9.32 Å². The number of nitrogens with zero attached hydrogens (tertiary/aromatic N) is 1. The van der Waals surface area contributed by atoms with Gasteiger partial charge in [-0.1, -0.05) is 25.9 Å². The first-order chi connectivity index (χ1) is 7.37. The standard InChI is InChI=1S/C11H19N3O2/c1-8-5-9(14-16-8)6-12-10(15)13-7-11(2,3)4/h5H,6-7H2,1-4H3,(H2,12,13,15). The van der Waals surface area contributed by atoms with Crippen molar-refractivity contribution in [3.05, 3.63) is 17.5 Å². The summed E-state index contributed by atoms with van der Waals surface area (Å²) in [5.74, 6) is 0.742. The van der Waals surface area contributed by atoms with Crippen molar-refractivity contribution in [1.29, 1.82) is 0 Å². The van der Waals surface area contributed by atoms with E-state index >= 15 is 0 Å². The number of amides is 2. The Bertz CT molecular complexity index is 352. The van der Waals surface area contributed by atoms with E-state index in [4.69, 9.17) is 4.52 Å². The molecule has 0 bridgehead atoms. The molecular formula is C11H19N3O2. The van der Waals surface area contributed by atoms with E-state index in [1.54, 1.807) is 6.07 Å². The van der Waals surface area contributed by atoms with Gasteiger partial charge in [0.15, 0.2) is 0 Å². The lowest BCUT2D eigenvalue weighted by Crippen LogP contribution is -2.39. The number of aryl methyl sites for hydroxylation is 1. The molecule has 0 unspecified atom stereocenters. The first-order valence-corrected chi connectivity index (χ1v) is 5.31. The Balaban J connectivity index is 2.25. The van der Waals surface area contributed by atoms with Gasteiger partial charge >= 0.3 is 6.03 Å². The van der Waals surface area contributed by atoms with Crippen LogP contribution < -0.4 is 10.6 Å². The largest absolute Gasteiger partial charge is 0.361 e. The second kappa shape index (κ2) is 5.01. The van der Waals surface area contributed by atoms with Crippen LogP contribution in [0.2, 0.25) is 0 Å². The molecule has 0 spiro atoms. The number of carbonyl (C=O) groups is 1. The minimum absolute atomic E-state index is 0.0851. The topological polar surface area (TPSA) is 67.2 Å². The number of carbonyl (C=O) groups excluding carboxylic acids is 1. The second-order valence-electron chi connectivity index (χ2n) is 5.03. The molecule has 0 aliphatic carbocycles. The van der Waals surface area contributed by atoms with E-state index in [2.05, 4.69) is 36.6 Å². The molecule has 16 heavy (non-hydrogen) atoms. The average Bonchev–Trinajstić information content (AvgIpc) is 2.57. The highest BCUT2D eigenvalue weighted by Gasteiger charge is 2.11. The van der Waals surface area contributed by atoms with Crippen molar-refractivity contribution in [3.8, 4) is 0 Å². The molecule has 2 N–H and O–H groups in total. The summed E-state index contributed by atoms with van der Waals surface area (Å²) in [6.45, 7) is 9.02. The lowest BCUT2D eigenvalue weighted by molar-refractivity contribution is 0.235. The van der Waals surface area contributed by atoms with Gasteiger partial charge in [-0.15, -0.1) is 0 Å². The van der Waals surface area contributed by atoms with Crippen LogP contribution in [0.3, 0.4) is 0 Å². The van der Waals surface area contributed by atoms with Crippen LogP contribution in [0.4, 0.5) is 4.79 Å². The summed E-state index contributed by atoms with van der Waals surface area (Å²) >= 11 is 0. The maximum absolute atomic E-state index is 11.4. The Hall–Kier alpha value is -1.52. The first-order valence-electron chi connectivity index (χ1n) is 5.31. The van der Waals surface area contributed by atoms with Crippen LogP contribution in [0.25, 0.3) is 0 Å². The molecule has 0 aromatic carbocycles. The third-order valence-corrected chi connectivity index (χ3v) is 1.89. The van der Waals surface area contributed by atoms with Crippen LogP contribution in [-0.4, -0.2) is 17.7 Å². The zero-order valence-electron chi connectivity index (χ0n) is 10.3. The molecule has 1 aromatic heterocycles.